The van der Waals surface area contributed by atoms with Gasteiger partial charge in [-0.2, -0.15) is 0 Å². The molecule has 1 aromatic carbocycles. The minimum absolute atomic E-state index is 0.239. The molecule has 2 heterocycles. The smallest absolute Gasteiger partial charge is 0.164 e. The van der Waals surface area contributed by atoms with Crippen LogP contribution in [0, 0.1) is 6.92 Å². The fourth-order valence-electron chi connectivity index (χ4n) is 2.29. The maximum Gasteiger partial charge on any atom is 0.164 e. The highest BCUT2D eigenvalue weighted by atomic mass is 79.9. The Labute approximate surface area is 141 Å². The van der Waals surface area contributed by atoms with Crippen molar-refractivity contribution in [3.05, 3.63) is 51.3 Å². The van der Waals surface area contributed by atoms with E-state index >= 15 is 0 Å². The zero-order chi connectivity index (χ0) is 15.1. The van der Waals surface area contributed by atoms with Crippen LogP contribution in [0.1, 0.15) is 23.7 Å². The average Bonchev–Trinajstić information content (AvgIpc) is 2.80. The Morgan fingerprint density at radius 3 is 2.76 bits per heavy atom. The highest BCUT2D eigenvalue weighted by Crippen LogP contribution is 2.30. The van der Waals surface area contributed by atoms with Gasteiger partial charge in [-0.05, 0) is 37.6 Å². The molecule has 0 aliphatic rings. The second-order valence-electron chi connectivity index (χ2n) is 4.85. The van der Waals surface area contributed by atoms with E-state index in [4.69, 9.17) is 23.2 Å². The second-order valence-corrected chi connectivity index (χ2v) is 6.86. The highest BCUT2D eigenvalue weighted by molar-refractivity contribution is 9.10. The molecule has 1 unspecified atom stereocenters. The standard InChI is InChI=1S/C15H12BrCl2N3/c1-8-3-4-10(16)5-13(8)21-14(9(2)17)20-12-6-11(18)7-19-15(12)21/h3-7,9H,1-2H3. The number of nitrogens with zero attached hydrogens (tertiary/aromatic N) is 3. The van der Waals surface area contributed by atoms with Crippen molar-refractivity contribution in [2.24, 2.45) is 0 Å². The molecule has 3 nitrogen and oxygen atoms in total. The molecule has 0 saturated heterocycles. The van der Waals surface area contributed by atoms with E-state index in [1.807, 2.05) is 36.6 Å². The molecule has 0 spiro atoms. The maximum absolute atomic E-state index is 6.31. The van der Waals surface area contributed by atoms with Crippen LogP contribution >= 0.6 is 39.1 Å². The predicted molar refractivity (Wildman–Crippen MR) is 90.6 cm³/mol. The molecule has 0 amide bonds. The first-order chi connectivity index (χ1) is 9.97. The number of aryl methyl sites for hydroxylation is 1. The number of hydrogen-bond acceptors (Lipinski definition) is 2. The van der Waals surface area contributed by atoms with Gasteiger partial charge in [0.25, 0.3) is 0 Å². The Bertz CT molecular complexity index is 827. The molecule has 0 N–H and O–H groups in total. The van der Waals surface area contributed by atoms with E-state index in [9.17, 15) is 0 Å². The predicted octanol–water partition coefficient (Wildman–Crippen LogP) is 5.44. The van der Waals surface area contributed by atoms with Crippen LogP contribution in [0.2, 0.25) is 5.02 Å². The number of pyridine rings is 1. The number of aromatic nitrogens is 3. The maximum atomic E-state index is 6.31. The fraction of sp³-hybridized carbons (Fsp3) is 0.200. The van der Waals surface area contributed by atoms with Gasteiger partial charge < -0.3 is 0 Å². The van der Waals surface area contributed by atoms with E-state index in [0.29, 0.717) is 5.02 Å². The van der Waals surface area contributed by atoms with Gasteiger partial charge in [0.1, 0.15) is 11.3 Å². The minimum atomic E-state index is -0.239. The molecule has 0 aliphatic carbocycles. The van der Waals surface area contributed by atoms with Crippen LogP contribution in [0.5, 0.6) is 0 Å². The van der Waals surface area contributed by atoms with E-state index in [1.54, 1.807) is 12.3 Å². The highest BCUT2D eigenvalue weighted by Gasteiger charge is 2.19. The van der Waals surface area contributed by atoms with Crippen LogP contribution in [0.15, 0.2) is 34.9 Å². The molecule has 21 heavy (non-hydrogen) atoms. The van der Waals surface area contributed by atoms with Crippen LogP contribution < -0.4 is 0 Å². The molecular formula is C15H12BrCl2N3. The van der Waals surface area contributed by atoms with Crippen LogP contribution in [0.25, 0.3) is 16.9 Å². The van der Waals surface area contributed by atoms with Gasteiger partial charge in [0, 0.05) is 10.7 Å². The summed E-state index contributed by atoms with van der Waals surface area (Å²) in [4.78, 5) is 9.01. The Hall–Kier alpha value is -1.10. The van der Waals surface area contributed by atoms with Crippen molar-refractivity contribution in [3.8, 4) is 5.69 Å². The minimum Gasteiger partial charge on any atom is -0.279 e. The van der Waals surface area contributed by atoms with Crippen molar-refractivity contribution in [1.29, 1.82) is 0 Å². The first kappa shape index (κ1) is 14.8. The summed E-state index contributed by atoms with van der Waals surface area (Å²) < 4.78 is 2.98. The van der Waals surface area contributed by atoms with Gasteiger partial charge in [0.2, 0.25) is 0 Å². The van der Waals surface area contributed by atoms with Crippen molar-refractivity contribution >= 4 is 50.3 Å². The van der Waals surface area contributed by atoms with E-state index in [0.717, 1.165) is 32.7 Å². The van der Waals surface area contributed by atoms with Crippen LogP contribution in [-0.2, 0) is 0 Å². The van der Waals surface area contributed by atoms with Crippen molar-refractivity contribution in [3.63, 3.8) is 0 Å². The Balaban J connectivity index is 2.39. The Morgan fingerprint density at radius 2 is 2.05 bits per heavy atom. The Kier molecular flexibility index (Phi) is 3.95. The molecule has 0 bridgehead atoms. The third kappa shape index (κ3) is 2.68. The number of halogens is 3. The summed E-state index contributed by atoms with van der Waals surface area (Å²) in [6.45, 7) is 3.94. The molecule has 0 aliphatic heterocycles. The molecular weight excluding hydrogens is 373 g/mol. The van der Waals surface area contributed by atoms with Gasteiger partial charge in [-0.25, -0.2) is 9.97 Å². The number of imidazole rings is 1. The molecule has 108 valence electrons. The molecule has 6 heteroatoms. The summed E-state index contributed by atoms with van der Waals surface area (Å²) in [5.41, 5.74) is 3.62. The lowest BCUT2D eigenvalue weighted by Crippen LogP contribution is -2.04. The van der Waals surface area contributed by atoms with Crippen molar-refractivity contribution in [1.82, 2.24) is 14.5 Å². The van der Waals surface area contributed by atoms with E-state index < -0.39 is 0 Å². The Morgan fingerprint density at radius 1 is 1.29 bits per heavy atom. The first-order valence-corrected chi connectivity index (χ1v) is 8.02. The van der Waals surface area contributed by atoms with Gasteiger partial charge >= 0.3 is 0 Å². The number of hydrogen-bond donors (Lipinski definition) is 0. The lowest BCUT2D eigenvalue weighted by atomic mass is 10.2. The normalized spacial score (nSPS) is 12.8. The third-order valence-corrected chi connectivity index (χ3v) is 4.15. The van der Waals surface area contributed by atoms with Crippen molar-refractivity contribution in [2.75, 3.05) is 0 Å². The summed E-state index contributed by atoms with van der Waals surface area (Å²) in [5.74, 6) is 0.752. The number of alkyl halides is 1. The van der Waals surface area contributed by atoms with Crippen molar-refractivity contribution in [2.45, 2.75) is 19.2 Å². The topological polar surface area (TPSA) is 30.7 Å². The van der Waals surface area contributed by atoms with E-state index in [2.05, 4.69) is 25.9 Å². The van der Waals surface area contributed by atoms with Crippen LogP contribution in [-0.4, -0.2) is 14.5 Å². The lowest BCUT2D eigenvalue weighted by molar-refractivity contribution is 0.872. The van der Waals surface area contributed by atoms with Gasteiger partial charge in [-0.1, -0.05) is 33.6 Å². The molecule has 3 aromatic rings. The second kappa shape index (κ2) is 5.59. The zero-order valence-electron chi connectivity index (χ0n) is 11.4. The quantitative estimate of drug-likeness (QED) is 0.550. The van der Waals surface area contributed by atoms with Gasteiger partial charge in [-0.3, -0.25) is 4.57 Å². The molecule has 1 atom stereocenters. The summed E-state index contributed by atoms with van der Waals surface area (Å²) in [7, 11) is 0. The monoisotopic (exact) mass is 383 g/mol. The van der Waals surface area contributed by atoms with Crippen LogP contribution in [0.4, 0.5) is 0 Å². The van der Waals surface area contributed by atoms with Gasteiger partial charge in [0.05, 0.1) is 16.1 Å². The fourth-order valence-corrected chi connectivity index (χ4v) is 2.93. The van der Waals surface area contributed by atoms with Crippen LogP contribution in [0.3, 0.4) is 0 Å². The first-order valence-electron chi connectivity index (χ1n) is 6.42. The largest absolute Gasteiger partial charge is 0.279 e. The molecule has 0 fully saturated rings. The van der Waals surface area contributed by atoms with Crippen molar-refractivity contribution < 1.29 is 0 Å². The summed E-state index contributed by atoms with van der Waals surface area (Å²) in [6.07, 6.45) is 1.62. The van der Waals surface area contributed by atoms with E-state index in [-0.39, 0.29) is 5.38 Å². The summed E-state index contributed by atoms with van der Waals surface area (Å²) in [5, 5.41) is 0.322. The van der Waals surface area contributed by atoms with Gasteiger partial charge in [0.15, 0.2) is 5.65 Å². The lowest BCUT2D eigenvalue weighted by Gasteiger charge is -2.13. The molecule has 2 aromatic heterocycles. The number of benzene rings is 1. The number of rotatable bonds is 2. The zero-order valence-corrected chi connectivity index (χ0v) is 14.5. The molecule has 0 radical (unpaired) electrons. The molecule has 3 rings (SSSR count). The summed E-state index contributed by atoms with van der Waals surface area (Å²) in [6, 6.07) is 7.89. The SMILES string of the molecule is Cc1ccc(Br)cc1-n1c(C(C)Cl)nc2cc(Cl)cnc21. The molecule has 0 saturated carbocycles. The van der Waals surface area contributed by atoms with E-state index in [1.165, 1.54) is 0 Å². The summed E-state index contributed by atoms with van der Waals surface area (Å²) >= 11 is 15.8. The average molecular weight is 385 g/mol. The van der Waals surface area contributed by atoms with Gasteiger partial charge in [-0.15, -0.1) is 11.6 Å². The number of fused-ring (bicyclic) bond motifs is 1. The third-order valence-electron chi connectivity index (χ3n) is 3.26.